The fourth-order valence-electron chi connectivity index (χ4n) is 2.82. The summed E-state index contributed by atoms with van der Waals surface area (Å²) < 4.78 is 0. The molecule has 1 aromatic rings. The van der Waals surface area contributed by atoms with Gasteiger partial charge in [-0.1, -0.05) is 71.7 Å². The molecule has 1 nitrogen and oxygen atoms in total. The van der Waals surface area contributed by atoms with E-state index in [4.69, 9.17) is 5.73 Å². The lowest BCUT2D eigenvalue weighted by atomic mass is 9.75. The first-order chi connectivity index (χ1) is 9.37. The molecule has 0 heterocycles. The van der Waals surface area contributed by atoms with Gasteiger partial charge in [-0.05, 0) is 47.8 Å². The van der Waals surface area contributed by atoms with Crippen LogP contribution in [-0.4, -0.2) is 6.54 Å². The van der Waals surface area contributed by atoms with Gasteiger partial charge >= 0.3 is 0 Å². The summed E-state index contributed by atoms with van der Waals surface area (Å²) in [5.41, 5.74) is 9.47. The van der Waals surface area contributed by atoms with Crippen molar-refractivity contribution >= 4 is 0 Å². The minimum Gasteiger partial charge on any atom is -0.330 e. The normalized spacial score (nSPS) is 15.1. The van der Waals surface area contributed by atoms with Crippen LogP contribution >= 0.6 is 0 Å². The third-order valence-corrected chi connectivity index (χ3v) is 4.64. The van der Waals surface area contributed by atoms with Crippen LogP contribution < -0.4 is 5.73 Å². The molecule has 0 saturated carbocycles. The molecular weight excluding hydrogens is 242 g/mol. The Balaban J connectivity index is 2.84. The monoisotopic (exact) mass is 275 g/mol. The summed E-state index contributed by atoms with van der Waals surface area (Å²) in [4.78, 5) is 0. The molecule has 0 radical (unpaired) electrons. The highest BCUT2D eigenvalue weighted by atomic mass is 14.6. The summed E-state index contributed by atoms with van der Waals surface area (Å²) >= 11 is 0. The van der Waals surface area contributed by atoms with Crippen molar-refractivity contribution in [3.05, 3.63) is 35.4 Å². The summed E-state index contributed by atoms with van der Waals surface area (Å²) in [7, 11) is 0. The van der Waals surface area contributed by atoms with Gasteiger partial charge in [0.25, 0.3) is 0 Å². The molecule has 0 fully saturated rings. The average Bonchev–Trinajstić information content (AvgIpc) is 2.43. The second-order valence-electron chi connectivity index (χ2n) is 7.28. The Labute approximate surface area is 126 Å². The highest BCUT2D eigenvalue weighted by Crippen LogP contribution is 2.32. The topological polar surface area (TPSA) is 26.0 Å². The molecule has 0 spiro atoms. The minimum atomic E-state index is 0.233. The third-order valence-electron chi connectivity index (χ3n) is 4.64. The van der Waals surface area contributed by atoms with E-state index in [1.165, 1.54) is 36.8 Å². The molecule has 1 aromatic carbocycles. The van der Waals surface area contributed by atoms with E-state index in [0.29, 0.717) is 5.41 Å². The summed E-state index contributed by atoms with van der Waals surface area (Å²) in [5, 5.41) is 0. The van der Waals surface area contributed by atoms with Gasteiger partial charge < -0.3 is 5.73 Å². The molecular formula is C19H33N. The van der Waals surface area contributed by atoms with Gasteiger partial charge in [-0.3, -0.25) is 0 Å². The maximum absolute atomic E-state index is 6.11. The van der Waals surface area contributed by atoms with Crippen LogP contribution in [-0.2, 0) is 11.8 Å². The molecule has 0 aliphatic rings. The first-order valence-corrected chi connectivity index (χ1v) is 8.16. The SMILES string of the molecule is CCCCC(CC)(CN)Cc1ccc(C(C)(C)C)cc1. The van der Waals surface area contributed by atoms with Gasteiger partial charge in [0.05, 0.1) is 0 Å². The molecule has 0 saturated heterocycles. The zero-order valence-electron chi connectivity index (χ0n) is 14.1. The maximum Gasteiger partial charge on any atom is -0.00174 e. The standard InChI is InChI=1S/C19H33N/c1-6-8-13-19(7-2,15-20)14-16-9-11-17(12-10-16)18(3,4)5/h9-12H,6-8,13-15,20H2,1-5H3. The molecule has 0 amide bonds. The number of rotatable bonds is 7. The second kappa shape index (κ2) is 7.26. The fourth-order valence-corrected chi connectivity index (χ4v) is 2.82. The average molecular weight is 275 g/mol. The van der Waals surface area contributed by atoms with Gasteiger partial charge in [-0.25, -0.2) is 0 Å². The number of hydrogen-bond donors (Lipinski definition) is 1. The fraction of sp³-hybridized carbons (Fsp3) is 0.684. The molecule has 0 aliphatic heterocycles. The van der Waals surface area contributed by atoms with Gasteiger partial charge in [-0.2, -0.15) is 0 Å². The molecule has 20 heavy (non-hydrogen) atoms. The van der Waals surface area contributed by atoms with Crippen molar-refractivity contribution in [1.29, 1.82) is 0 Å². The van der Waals surface area contributed by atoms with Gasteiger partial charge in [0.2, 0.25) is 0 Å². The molecule has 2 N–H and O–H groups in total. The van der Waals surface area contributed by atoms with Gasteiger partial charge in [0.15, 0.2) is 0 Å². The molecule has 0 bridgehead atoms. The van der Waals surface area contributed by atoms with Crippen LogP contribution in [0, 0.1) is 5.41 Å². The molecule has 1 heteroatoms. The van der Waals surface area contributed by atoms with E-state index in [2.05, 4.69) is 58.9 Å². The van der Waals surface area contributed by atoms with Crippen LogP contribution in [0.4, 0.5) is 0 Å². The van der Waals surface area contributed by atoms with E-state index in [1.54, 1.807) is 0 Å². The van der Waals surface area contributed by atoms with Crippen molar-refractivity contribution in [2.24, 2.45) is 11.1 Å². The first kappa shape index (κ1) is 17.2. The maximum atomic E-state index is 6.11. The second-order valence-corrected chi connectivity index (χ2v) is 7.28. The Bertz CT molecular complexity index is 379. The van der Waals surface area contributed by atoms with Crippen molar-refractivity contribution in [3.8, 4) is 0 Å². The summed E-state index contributed by atoms with van der Waals surface area (Å²) in [6.07, 6.45) is 6.07. The Morgan fingerprint density at radius 1 is 1.00 bits per heavy atom. The van der Waals surface area contributed by atoms with Gasteiger partial charge in [0, 0.05) is 0 Å². The zero-order valence-corrected chi connectivity index (χ0v) is 14.1. The lowest BCUT2D eigenvalue weighted by Crippen LogP contribution is -2.32. The van der Waals surface area contributed by atoms with E-state index in [9.17, 15) is 0 Å². The van der Waals surface area contributed by atoms with Crippen molar-refractivity contribution in [2.45, 2.75) is 72.1 Å². The number of nitrogens with two attached hydrogens (primary N) is 1. The van der Waals surface area contributed by atoms with Crippen molar-refractivity contribution in [2.75, 3.05) is 6.54 Å². The Kier molecular flexibility index (Phi) is 6.26. The highest BCUT2D eigenvalue weighted by molar-refractivity contribution is 5.28. The lowest BCUT2D eigenvalue weighted by molar-refractivity contribution is 0.251. The van der Waals surface area contributed by atoms with Gasteiger partial charge in [0.1, 0.15) is 0 Å². The molecule has 0 aromatic heterocycles. The lowest BCUT2D eigenvalue weighted by Gasteiger charge is -2.32. The summed E-state index contributed by atoms with van der Waals surface area (Å²) in [6.45, 7) is 12.1. The van der Waals surface area contributed by atoms with Gasteiger partial charge in [-0.15, -0.1) is 0 Å². The third kappa shape index (κ3) is 4.63. The molecule has 1 atom stereocenters. The summed E-state index contributed by atoms with van der Waals surface area (Å²) in [5.74, 6) is 0. The molecule has 1 rings (SSSR count). The van der Waals surface area contributed by atoms with E-state index in [1.807, 2.05) is 0 Å². The Morgan fingerprint density at radius 2 is 1.60 bits per heavy atom. The number of benzene rings is 1. The quantitative estimate of drug-likeness (QED) is 0.738. The van der Waals surface area contributed by atoms with E-state index in [0.717, 1.165) is 13.0 Å². The molecule has 0 aliphatic carbocycles. The van der Waals surface area contributed by atoms with Crippen molar-refractivity contribution in [1.82, 2.24) is 0 Å². The van der Waals surface area contributed by atoms with E-state index >= 15 is 0 Å². The predicted octanol–water partition coefficient (Wildman–Crippen LogP) is 5.07. The van der Waals surface area contributed by atoms with E-state index < -0.39 is 0 Å². The van der Waals surface area contributed by atoms with Crippen LogP contribution in [0.1, 0.15) is 71.4 Å². The van der Waals surface area contributed by atoms with Crippen LogP contribution in [0.25, 0.3) is 0 Å². The van der Waals surface area contributed by atoms with Crippen LogP contribution in [0.3, 0.4) is 0 Å². The minimum absolute atomic E-state index is 0.233. The van der Waals surface area contributed by atoms with Crippen molar-refractivity contribution in [3.63, 3.8) is 0 Å². The number of hydrogen-bond acceptors (Lipinski definition) is 1. The van der Waals surface area contributed by atoms with Crippen LogP contribution in [0.2, 0.25) is 0 Å². The molecule has 114 valence electrons. The van der Waals surface area contributed by atoms with Crippen molar-refractivity contribution < 1.29 is 0 Å². The van der Waals surface area contributed by atoms with E-state index in [-0.39, 0.29) is 5.41 Å². The highest BCUT2D eigenvalue weighted by Gasteiger charge is 2.26. The smallest absolute Gasteiger partial charge is 0.00174 e. The zero-order chi connectivity index (χ0) is 15.2. The molecule has 1 unspecified atom stereocenters. The predicted molar refractivity (Wildman–Crippen MR) is 90.1 cm³/mol. The Morgan fingerprint density at radius 3 is 2.00 bits per heavy atom. The largest absolute Gasteiger partial charge is 0.330 e. The Hall–Kier alpha value is -0.820. The van der Waals surface area contributed by atoms with Crippen LogP contribution in [0.15, 0.2) is 24.3 Å². The van der Waals surface area contributed by atoms with Crippen LogP contribution in [0.5, 0.6) is 0 Å². The first-order valence-electron chi connectivity index (χ1n) is 8.16. The number of unbranched alkanes of at least 4 members (excludes halogenated alkanes) is 1. The summed E-state index contributed by atoms with van der Waals surface area (Å²) in [6, 6.07) is 9.16.